The predicted octanol–water partition coefficient (Wildman–Crippen LogP) is 3.13. The second-order valence-corrected chi connectivity index (χ2v) is 6.55. The third-order valence-corrected chi connectivity index (χ3v) is 4.85. The van der Waals surface area contributed by atoms with Crippen LogP contribution in [0.15, 0.2) is 30.3 Å². The van der Waals surface area contributed by atoms with Crippen molar-refractivity contribution >= 4 is 0 Å². The topological polar surface area (TPSA) is 60.2 Å². The average Bonchev–Trinajstić information content (AvgIpc) is 3.26. The molecule has 1 aromatic heterocycles. The Morgan fingerprint density at radius 1 is 1.25 bits per heavy atom. The fourth-order valence-electron chi connectivity index (χ4n) is 3.79. The van der Waals surface area contributed by atoms with E-state index in [-0.39, 0.29) is 12.5 Å². The first-order valence-electron chi connectivity index (χ1n) is 8.92. The summed E-state index contributed by atoms with van der Waals surface area (Å²) in [6.45, 7) is 1.28. The molecule has 24 heavy (non-hydrogen) atoms. The summed E-state index contributed by atoms with van der Waals surface area (Å²) in [4.78, 5) is 4.82. The summed E-state index contributed by atoms with van der Waals surface area (Å²) in [5, 5.41) is 13.8. The number of rotatable bonds is 8. The van der Waals surface area contributed by atoms with Crippen molar-refractivity contribution < 1.29 is 9.84 Å². The van der Waals surface area contributed by atoms with Gasteiger partial charge in [-0.2, -0.15) is 5.10 Å². The van der Waals surface area contributed by atoms with Crippen LogP contribution in [-0.4, -0.2) is 33.6 Å². The van der Waals surface area contributed by atoms with E-state index >= 15 is 0 Å². The van der Waals surface area contributed by atoms with Crippen LogP contribution in [-0.2, 0) is 17.9 Å². The first-order chi connectivity index (χ1) is 11.8. The maximum Gasteiger partial charge on any atom is 0.176 e. The van der Waals surface area contributed by atoms with E-state index in [0.29, 0.717) is 25.5 Å². The third-order valence-electron chi connectivity index (χ3n) is 4.85. The summed E-state index contributed by atoms with van der Waals surface area (Å²) >= 11 is 0. The van der Waals surface area contributed by atoms with Gasteiger partial charge in [0, 0.05) is 26.2 Å². The molecule has 1 fully saturated rings. The fraction of sp³-hybridized carbons (Fsp3) is 0.579. The smallest absolute Gasteiger partial charge is 0.176 e. The molecule has 1 N–H and O–H groups in total. The zero-order chi connectivity index (χ0) is 16.8. The number of hydrogen-bond acceptors (Lipinski definition) is 4. The van der Waals surface area contributed by atoms with Crippen LogP contribution >= 0.6 is 0 Å². The van der Waals surface area contributed by atoms with Gasteiger partial charge < -0.3 is 9.84 Å². The molecule has 1 saturated carbocycles. The van der Waals surface area contributed by atoms with Gasteiger partial charge in [0.2, 0.25) is 0 Å². The summed E-state index contributed by atoms with van der Waals surface area (Å²) in [5.74, 6) is 2.63. The molecule has 2 aromatic rings. The first kappa shape index (κ1) is 17.1. The lowest BCUT2D eigenvalue weighted by molar-refractivity contribution is 0.177. The van der Waals surface area contributed by atoms with Crippen LogP contribution in [0, 0.1) is 5.92 Å². The van der Waals surface area contributed by atoms with Gasteiger partial charge in [-0.05, 0) is 30.7 Å². The van der Waals surface area contributed by atoms with Crippen LogP contribution in [0.3, 0.4) is 0 Å². The highest BCUT2D eigenvalue weighted by Crippen LogP contribution is 2.40. The lowest BCUT2D eigenvalue weighted by Crippen LogP contribution is -2.18. The van der Waals surface area contributed by atoms with Crippen molar-refractivity contribution in [3.05, 3.63) is 47.5 Å². The van der Waals surface area contributed by atoms with Gasteiger partial charge in [0.05, 0.1) is 0 Å². The standard InChI is InChI=1S/C19H27N3O2/c1-24-14-17-20-19(22(21-17)12-7-13-23)18(16-10-5-6-11-16)15-8-3-2-4-9-15/h2-4,8-9,16,18,23H,5-7,10-14H2,1H3/t18-/m1/s1. The molecular weight excluding hydrogens is 302 g/mol. The predicted molar refractivity (Wildman–Crippen MR) is 92.7 cm³/mol. The Labute approximate surface area is 143 Å². The molecule has 0 aliphatic heterocycles. The van der Waals surface area contributed by atoms with Crippen molar-refractivity contribution in [1.29, 1.82) is 0 Å². The number of benzene rings is 1. The molecule has 1 atom stereocenters. The van der Waals surface area contributed by atoms with Gasteiger partial charge in [-0.1, -0.05) is 43.2 Å². The highest BCUT2D eigenvalue weighted by Gasteiger charge is 2.31. The molecule has 0 amide bonds. The molecule has 0 unspecified atom stereocenters. The second-order valence-electron chi connectivity index (χ2n) is 6.55. The molecule has 1 aliphatic carbocycles. The number of hydrogen-bond donors (Lipinski definition) is 1. The van der Waals surface area contributed by atoms with Crippen molar-refractivity contribution in [3.8, 4) is 0 Å². The van der Waals surface area contributed by atoms with Crippen molar-refractivity contribution in [3.63, 3.8) is 0 Å². The van der Waals surface area contributed by atoms with Crippen LogP contribution in [0.25, 0.3) is 0 Å². The van der Waals surface area contributed by atoms with Gasteiger partial charge >= 0.3 is 0 Å². The minimum atomic E-state index is 0.165. The van der Waals surface area contributed by atoms with Gasteiger partial charge in [-0.25, -0.2) is 9.67 Å². The van der Waals surface area contributed by atoms with Crippen LogP contribution in [0.4, 0.5) is 0 Å². The van der Waals surface area contributed by atoms with Crippen LogP contribution in [0.1, 0.15) is 55.2 Å². The number of nitrogens with zero attached hydrogens (tertiary/aromatic N) is 3. The van der Waals surface area contributed by atoms with Crippen molar-refractivity contribution in [1.82, 2.24) is 14.8 Å². The molecule has 0 radical (unpaired) electrons. The molecule has 5 heteroatoms. The van der Waals surface area contributed by atoms with Gasteiger partial charge in [-0.15, -0.1) is 0 Å². The normalized spacial score (nSPS) is 16.6. The van der Waals surface area contributed by atoms with E-state index in [1.807, 2.05) is 4.68 Å². The SMILES string of the molecule is COCc1nc([C@H](c2ccccc2)C2CCCC2)n(CCCO)n1. The zero-order valence-corrected chi connectivity index (χ0v) is 14.4. The van der Waals surface area contributed by atoms with Crippen LogP contribution < -0.4 is 0 Å². The van der Waals surface area contributed by atoms with Gasteiger partial charge in [0.25, 0.3) is 0 Å². The molecule has 1 aliphatic rings. The summed E-state index contributed by atoms with van der Waals surface area (Å²) < 4.78 is 7.21. The Hall–Kier alpha value is -1.72. The molecule has 0 bridgehead atoms. The lowest BCUT2D eigenvalue weighted by atomic mass is 9.84. The highest BCUT2D eigenvalue weighted by atomic mass is 16.5. The lowest BCUT2D eigenvalue weighted by Gasteiger charge is -2.23. The number of aryl methyl sites for hydroxylation is 1. The third kappa shape index (κ3) is 3.84. The molecular formula is C19H27N3O2. The number of aliphatic hydroxyl groups is 1. The Bertz CT molecular complexity index is 621. The Kier molecular flexibility index (Phi) is 5.99. The fourth-order valence-corrected chi connectivity index (χ4v) is 3.79. The van der Waals surface area contributed by atoms with E-state index in [4.69, 9.17) is 9.72 Å². The Morgan fingerprint density at radius 3 is 2.67 bits per heavy atom. The summed E-state index contributed by atoms with van der Waals surface area (Å²) in [7, 11) is 1.67. The molecule has 0 saturated heterocycles. The highest BCUT2D eigenvalue weighted by molar-refractivity contribution is 5.27. The molecule has 0 spiro atoms. The van der Waals surface area contributed by atoms with E-state index in [9.17, 15) is 5.11 Å². The molecule has 130 valence electrons. The maximum absolute atomic E-state index is 9.21. The molecule has 1 aromatic carbocycles. The average molecular weight is 329 g/mol. The molecule has 5 nitrogen and oxygen atoms in total. The minimum Gasteiger partial charge on any atom is -0.396 e. The van der Waals surface area contributed by atoms with E-state index in [0.717, 1.165) is 11.6 Å². The largest absolute Gasteiger partial charge is 0.396 e. The maximum atomic E-state index is 9.21. The minimum absolute atomic E-state index is 0.165. The van der Waals surface area contributed by atoms with E-state index in [1.165, 1.54) is 31.2 Å². The van der Waals surface area contributed by atoms with Crippen molar-refractivity contribution in [2.75, 3.05) is 13.7 Å². The molecule has 3 rings (SSSR count). The number of ether oxygens (including phenoxy) is 1. The Balaban J connectivity index is 1.99. The van der Waals surface area contributed by atoms with Crippen molar-refractivity contribution in [2.45, 2.75) is 51.2 Å². The van der Waals surface area contributed by atoms with E-state index in [2.05, 4.69) is 35.4 Å². The first-order valence-corrected chi connectivity index (χ1v) is 8.92. The van der Waals surface area contributed by atoms with Crippen LogP contribution in [0.2, 0.25) is 0 Å². The Morgan fingerprint density at radius 2 is 2.00 bits per heavy atom. The second kappa shape index (κ2) is 8.40. The van der Waals surface area contributed by atoms with E-state index in [1.54, 1.807) is 7.11 Å². The van der Waals surface area contributed by atoms with Gasteiger partial charge in [-0.3, -0.25) is 0 Å². The van der Waals surface area contributed by atoms with Crippen LogP contribution in [0.5, 0.6) is 0 Å². The number of aromatic nitrogens is 3. The van der Waals surface area contributed by atoms with E-state index < -0.39 is 0 Å². The monoisotopic (exact) mass is 329 g/mol. The number of aliphatic hydroxyl groups excluding tert-OH is 1. The summed E-state index contributed by atoms with van der Waals surface area (Å²) in [6, 6.07) is 10.7. The van der Waals surface area contributed by atoms with Gasteiger partial charge in [0.1, 0.15) is 12.4 Å². The number of methoxy groups -OCH3 is 1. The quantitative estimate of drug-likeness (QED) is 0.808. The summed E-state index contributed by atoms with van der Waals surface area (Å²) in [6.07, 6.45) is 5.76. The zero-order valence-electron chi connectivity index (χ0n) is 14.4. The summed E-state index contributed by atoms with van der Waals surface area (Å²) in [5.41, 5.74) is 1.31. The molecule has 1 heterocycles. The van der Waals surface area contributed by atoms with Crippen molar-refractivity contribution in [2.24, 2.45) is 5.92 Å². The van der Waals surface area contributed by atoms with Gasteiger partial charge in [0.15, 0.2) is 5.82 Å².